The molecule has 0 bridgehead atoms. The highest BCUT2D eigenvalue weighted by atomic mass is 32.2. The van der Waals surface area contributed by atoms with Gasteiger partial charge in [-0.25, -0.2) is 9.97 Å². The largest absolute Gasteiger partial charge is 0.308 e. The molecule has 0 aliphatic carbocycles. The third-order valence-corrected chi connectivity index (χ3v) is 16.1. The van der Waals surface area contributed by atoms with Crippen LogP contribution in [0.25, 0.3) is 87.7 Å². The first-order valence-corrected chi connectivity index (χ1v) is 25.0. The van der Waals surface area contributed by atoms with Crippen LogP contribution in [0.15, 0.2) is 238 Å². The highest BCUT2D eigenvalue weighted by Gasteiger charge is 2.29. The Balaban J connectivity index is 1.08. The second-order valence-electron chi connectivity index (χ2n) is 17.8. The maximum Gasteiger partial charge on any atom is 0.0972 e. The van der Waals surface area contributed by atoms with Crippen molar-refractivity contribution in [3.8, 4) is 22.5 Å². The van der Waals surface area contributed by atoms with E-state index in [1.54, 1.807) is 0 Å². The van der Waals surface area contributed by atoms with Crippen LogP contribution in [0.5, 0.6) is 0 Å². The van der Waals surface area contributed by atoms with Gasteiger partial charge in [-0.1, -0.05) is 133 Å². The van der Waals surface area contributed by atoms with Crippen molar-refractivity contribution < 1.29 is 0 Å². The monoisotopic (exact) mass is 928 g/mol. The predicted molar refractivity (Wildman–Crippen MR) is 291 cm³/mol. The number of hydrogen-bond donors (Lipinski definition) is 0. The van der Waals surface area contributed by atoms with Gasteiger partial charge in [-0.05, 0) is 119 Å². The van der Waals surface area contributed by atoms with E-state index in [9.17, 15) is 0 Å². The molecule has 0 N–H and O–H groups in total. The van der Waals surface area contributed by atoms with Gasteiger partial charge < -0.3 is 9.80 Å². The summed E-state index contributed by atoms with van der Waals surface area (Å²) in [6.07, 6.45) is 3.72. The number of benzene rings is 9. The molecule has 0 radical (unpaired) electrons. The molecule has 2 aliphatic heterocycles. The van der Waals surface area contributed by atoms with Crippen LogP contribution in [-0.2, 0) is 0 Å². The van der Waals surface area contributed by atoms with Crippen LogP contribution in [0, 0.1) is 0 Å². The van der Waals surface area contributed by atoms with Crippen LogP contribution in [0.2, 0.25) is 0 Å². The van der Waals surface area contributed by atoms with E-state index in [0.29, 0.717) is 0 Å². The van der Waals surface area contributed by atoms with Gasteiger partial charge >= 0.3 is 0 Å². The molecular formula is C62H36N6S2. The Morgan fingerprint density at radius 2 is 0.657 bits per heavy atom. The Morgan fingerprint density at radius 1 is 0.300 bits per heavy atom. The lowest BCUT2D eigenvalue weighted by Gasteiger charge is -2.33. The Hall–Kier alpha value is -8.56. The zero-order valence-corrected chi connectivity index (χ0v) is 38.9. The fraction of sp³-hybridized carbons (Fsp3) is 0. The first kappa shape index (κ1) is 39.4. The molecule has 0 saturated heterocycles. The summed E-state index contributed by atoms with van der Waals surface area (Å²) in [4.78, 5) is 30.7. The van der Waals surface area contributed by atoms with Crippen molar-refractivity contribution in [3.05, 3.63) is 219 Å². The number of fused-ring (bicyclic) bond motifs is 12. The summed E-state index contributed by atoms with van der Waals surface area (Å²) >= 11 is 3.64. The Morgan fingerprint density at radius 3 is 1.06 bits per heavy atom. The van der Waals surface area contributed by atoms with Crippen molar-refractivity contribution in [3.63, 3.8) is 0 Å². The molecule has 9 aromatic carbocycles. The molecule has 0 atom stereocenters. The maximum absolute atomic E-state index is 5.62. The average Bonchev–Trinajstić information content (AvgIpc) is 3.42. The summed E-state index contributed by atoms with van der Waals surface area (Å²) in [5.41, 5.74) is 14.1. The number of aromatic nitrogens is 4. The van der Waals surface area contributed by atoms with Crippen molar-refractivity contribution in [2.75, 3.05) is 9.80 Å². The van der Waals surface area contributed by atoms with Crippen molar-refractivity contribution in [1.82, 2.24) is 19.9 Å². The normalized spacial score (nSPS) is 13.0. The van der Waals surface area contributed by atoms with Gasteiger partial charge in [0.1, 0.15) is 0 Å². The summed E-state index contributed by atoms with van der Waals surface area (Å²) in [6, 6.07) is 74.4. The quantitative estimate of drug-likeness (QED) is 0.128. The summed E-state index contributed by atoms with van der Waals surface area (Å²) in [5, 5.41) is 8.50. The molecule has 0 amide bonds. The van der Waals surface area contributed by atoms with Crippen molar-refractivity contribution in [2.24, 2.45) is 0 Å². The minimum Gasteiger partial charge on any atom is -0.308 e. The van der Waals surface area contributed by atoms with Crippen LogP contribution in [-0.4, -0.2) is 19.9 Å². The molecule has 0 unspecified atom stereocenters. The van der Waals surface area contributed by atoms with E-state index in [0.717, 1.165) is 122 Å². The summed E-state index contributed by atoms with van der Waals surface area (Å²) in [7, 11) is 0. The van der Waals surface area contributed by atoms with Gasteiger partial charge in [-0.3, -0.25) is 9.97 Å². The third kappa shape index (κ3) is 6.03. The molecule has 0 saturated carbocycles. The van der Waals surface area contributed by atoms with E-state index in [-0.39, 0.29) is 0 Å². The molecule has 0 spiro atoms. The van der Waals surface area contributed by atoms with Crippen LogP contribution in [0.4, 0.5) is 34.1 Å². The topological polar surface area (TPSA) is 58.0 Å². The molecule has 4 aromatic heterocycles. The highest BCUT2D eigenvalue weighted by molar-refractivity contribution is 8.00. The van der Waals surface area contributed by atoms with E-state index < -0.39 is 0 Å². The fourth-order valence-corrected chi connectivity index (χ4v) is 12.8. The van der Waals surface area contributed by atoms with Crippen LogP contribution in [0.1, 0.15) is 0 Å². The van der Waals surface area contributed by atoms with E-state index in [4.69, 9.17) is 19.9 Å². The Bertz CT molecular complexity index is 3990. The van der Waals surface area contributed by atoms with Gasteiger partial charge in [0.05, 0.1) is 56.2 Å². The predicted octanol–water partition coefficient (Wildman–Crippen LogP) is 17.4. The van der Waals surface area contributed by atoms with Crippen LogP contribution < -0.4 is 9.80 Å². The Labute approximate surface area is 410 Å². The van der Waals surface area contributed by atoms with E-state index in [1.165, 1.54) is 19.6 Å². The van der Waals surface area contributed by atoms with Gasteiger partial charge in [-0.15, -0.1) is 0 Å². The van der Waals surface area contributed by atoms with Gasteiger partial charge in [0.2, 0.25) is 0 Å². The number of hydrogen-bond acceptors (Lipinski definition) is 8. The molecule has 15 rings (SSSR count). The van der Waals surface area contributed by atoms with Crippen LogP contribution in [0.3, 0.4) is 0 Å². The second kappa shape index (κ2) is 15.5. The van der Waals surface area contributed by atoms with E-state index >= 15 is 0 Å². The van der Waals surface area contributed by atoms with Crippen LogP contribution >= 0.6 is 23.5 Å². The van der Waals surface area contributed by atoms with E-state index in [1.807, 2.05) is 48.1 Å². The van der Waals surface area contributed by atoms with E-state index in [2.05, 4.69) is 204 Å². The molecule has 8 heteroatoms. The van der Waals surface area contributed by atoms with Gasteiger partial charge in [0, 0.05) is 76.0 Å². The van der Waals surface area contributed by atoms with Gasteiger partial charge in [0.25, 0.3) is 0 Å². The first-order valence-electron chi connectivity index (χ1n) is 23.4. The zero-order valence-electron chi connectivity index (χ0n) is 37.3. The minimum absolute atomic E-state index is 0.874. The number of rotatable bonds is 4. The van der Waals surface area contributed by atoms with Gasteiger partial charge in [0.15, 0.2) is 0 Å². The average molecular weight is 929 g/mol. The Kier molecular flexibility index (Phi) is 8.72. The lowest BCUT2D eigenvalue weighted by molar-refractivity contribution is 1.17. The maximum atomic E-state index is 5.62. The first-order chi connectivity index (χ1) is 34.7. The molecule has 0 fully saturated rings. The van der Waals surface area contributed by atoms with Gasteiger partial charge in [-0.2, -0.15) is 0 Å². The summed E-state index contributed by atoms with van der Waals surface area (Å²) in [5.74, 6) is 0. The molecule has 6 nitrogen and oxygen atoms in total. The molecule has 2 aliphatic rings. The van der Waals surface area contributed by atoms with Crippen molar-refractivity contribution in [1.29, 1.82) is 0 Å². The number of nitrogens with zero attached hydrogens (tertiary/aromatic N) is 6. The molecule has 326 valence electrons. The number of para-hydroxylation sites is 4. The lowest BCUT2D eigenvalue weighted by atomic mass is 9.87. The van der Waals surface area contributed by atoms with Crippen molar-refractivity contribution in [2.45, 2.75) is 19.6 Å². The molecule has 6 heterocycles. The second-order valence-corrected chi connectivity index (χ2v) is 19.9. The smallest absolute Gasteiger partial charge is 0.0972 e. The fourth-order valence-electron chi connectivity index (χ4n) is 10.7. The standard InChI is InChI=1S/C62H36N6S2/c1-5-17-53-49(13-1)67(50-14-2-6-18-54(50)69-53)41-27-29-43-45(35-41)57(47-31-25-39-23-21-37-11-9-33-63-59(37)61(39)65-47)44-30-28-42(68-51-15-3-7-19-55(51)70-56-20-8-4-16-52(56)68)36-46(44)58(43)48-32-26-40-24-22-38-12-10-34-64-60(38)62(40)66-48/h1-36H. The zero-order chi connectivity index (χ0) is 45.9. The summed E-state index contributed by atoms with van der Waals surface area (Å²) < 4.78 is 0. The molecule has 13 aromatic rings. The lowest BCUT2D eigenvalue weighted by Crippen LogP contribution is -2.15. The van der Waals surface area contributed by atoms with Crippen molar-refractivity contribution >= 4 is 123 Å². The third-order valence-electron chi connectivity index (χ3n) is 13.8. The summed E-state index contributed by atoms with van der Waals surface area (Å²) in [6.45, 7) is 0. The SMILES string of the molecule is c1ccc2c(c1)Sc1ccccc1N2c1ccc2c(-c3ccc4ccc5cccnc5c4n3)c3cc(N4c5ccccc5Sc5ccccc54)ccc3c(-c3ccc4ccc5cccnc5c4n3)c2c1. The molecular weight excluding hydrogens is 893 g/mol. The number of pyridine rings is 4. The molecule has 70 heavy (non-hydrogen) atoms. The number of anilines is 6. The highest BCUT2D eigenvalue weighted by Crippen LogP contribution is 2.55. The minimum atomic E-state index is 0.874.